The summed E-state index contributed by atoms with van der Waals surface area (Å²) >= 11 is 0. The third-order valence-corrected chi connectivity index (χ3v) is 10.2. The molecular formula is C14H25BN2Si. The van der Waals surface area contributed by atoms with E-state index >= 15 is 0 Å². The minimum absolute atomic E-state index is 0.375. The lowest BCUT2D eigenvalue weighted by Crippen LogP contribution is -2.54. The van der Waals surface area contributed by atoms with Crippen molar-refractivity contribution >= 4 is 26.8 Å². The van der Waals surface area contributed by atoms with Gasteiger partial charge in [0, 0.05) is 12.7 Å². The molecule has 0 fully saturated rings. The van der Waals surface area contributed by atoms with E-state index in [1.807, 2.05) is 0 Å². The molecule has 0 unspecified atom stereocenters. The van der Waals surface area contributed by atoms with Crippen LogP contribution in [0.1, 0.15) is 26.3 Å². The fourth-order valence-corrected chi connectivity index (χ4v) is 4.67. The van der Waals surface area contributed by atoms with Crippen molar-refractivity contribution in [3.8, 4) is 0 Å². The molecule has 1 aromatic heterocycles. The van der Waals surface area contributed by atoms with Crippen LogP contribution in [-0.2, 0) is 6.42 Å². The van der Waals surface area contributed by atoms with Crippen molar-refractivity contribution in [2.45, 2.75) is 52.1 Å². The summed E-state index contributed by atoms with van der Waals surface area (Å²) in [6.07, 6.45) is 3.23. The zero-order valence-electron chi connectivity index (χ0n) is 12.7. The molecular weight excluding hydrogens is 235 g/mol. The van der Waals surface area contributed by atoms with Crippen LogP contribution in [0, 0.1) is 0 Å². The maximum Gasteiger partial charge on any atom is 0.157 e. The topological polar surface area (TPSA) is 16.1 Å². The van der Waals surface area contributed by atoms with Crippen LogP contribution in [0.3, 0.4) is 0 Å². The fraction of sp³-hybridized carbons (Fsp3) is 0.643. The van der Waals surface area contributed by atoms with Gasteiger partial charge in [-0.3, -0.25) is 0 Å². The monoisotopic (exact) mass is 260 g/mol. The first-order valence-corrected chi connectivity index (χ1v) is 9.97. The molecule has 0 saturated carbocycles. The van der Waals surface area contributed by atoms with E-state index in [9.17, 15) is 0 Å². The molecule has 98 valence electrons. The van der Waals surface area contributed by atoms with Gasteiger partial charge < -0.3 is 4.57 Å². The summed E-state index contributed by atoms with van der Waals surface area (Å²) in [7, 11) is -0.396. The smallest absolute Gasteiger partial charge is 0.157 e. The average molecular weight is 260 g/mol. The van der Waals surface area contributed by atoms with E-state index in [1.165, 1.54) is 23.3 Å². The number of fused-ring (bicyclic) bond motifs is 1. The predicted molar refractivity (Wildman–Crippen MR) is 85.1 cm³/mol. The fourth-order valence-electron chi connectivity index (χ4n) is 2.46. The van der Waals surface area contributed by atoms with Gasteiger partial charge in [-0.25, -0.2) is 4.98 Å². The summed E-state index contributed by atoms with van der Waals surface area (Å²) in [5.41, 5.74) is 2.82. The SMILES string of the molecule is CBc1cnc2c(c1)CCN2[Si](C)(C)C(C)(C)C. The Labute approximate surface area is 113 Å². The molecule has 2 heterocycles. The first-order valence-electron chi connectivity index (χ1n) is 7.03. The minimum atomic E-state index is -1.48. The second-order valence-corrected chi connectivity index (χ2v) is 12.0. The lowest BCUT2D eigenvalue weighted by atomic mass is 9.74. The molecule has 0 N–H and O–H groups in total. The van der Waals surface area contributed by atoms with E-state index in [4.69, 9.17) is 4.98 Å². The molecule has 18 heavy (non-hydrogen) atoms. The van der Waals surface area contributed by atoms with Crippen molar-refractivity contribution in [1.29, 1.82) is 0 Å². The minimum Gasteiger partial charge on any atom is -0.382 e. The number of anilines is 1. The summed E-state index contributed by atoms with van der Waals surface area (Å²) in [6, 6.07) is 2.36. The molecule has 0 aromatic carbocycles. The summed E-state index contributed by atoms with van der Waals surface area (Å²) < 4.78 is 2.63. The zero-order valence-corrected chi connectivity index (χ0v) is 13.7. The molecule has 4 heteroatoms. The molecule has 0 atom stereocenters. The Hall–Kier alpha value is -0.768. The molecule has 0 spiro atoms. The molecule has 1 aromatic rings. The highest BCUT2D eigenvalue weighted by Crippen LogP contribution is 2.42. The van der Waals surface area contributed by atoms with E-state index in [0.29, 0.717) is 5.04 Å². The van der Waals surface area contributed by atoms with Crippen molar-refractivity contribution < 1.29 is 0 Å². The van der Waals surface area contributed by atoms with Crippen molar-refractivity contribution in [2.24, 2.45) is 0 Å². The van der Waals surface area contributed by atoms with Gasteiger partial charge in [0.2, 0.25) is 0 Å². The van der Waals surface area contributed by atoms with Gasteiger partial charge in [-0.2, -0.15) is 0 Å². The van der Waals surface area contributed by atoms with Crippen LogP contribution >= 0.6 is 0 Å². The highest BCUT2D eigenvalue weighted by molar-refractivity contribution is 6.83. The Morgan fingerprint density at radius 1 is 1.33 bits per heavy atom. The third-order valence-electron chi connectivity index (χ3n) is 4.78. The Balaban J connectivity index is 2.38. The molecule has 1 aliphatic rings. The van der Waals surface area contributed by atoms with Crippen LogP contribution in [0.4, 0.5) is 5.82 Å². The Kier molecular flexibility index (Phi) is 3.34. The molecule has 0 aliphatic carbocycles. The van der Waals surface area contributed by atoms with Crippen molar-refractivity contribution in [3.63, 3.8) is 0 Å². The number of aromatic nitrogens is 1. The maximum atomic E-state index is 4.75. The van der Waals surface area contributed by atoms with Gasteiger partial charge >= 0.3 is 0 Å². The van der Waals surface area contributed by atoms with Crippen LogP contribution in [0.15, 0.2) is 12.3 Å². The van der Waals surface area contributed by atoms with Gasteiger partial charge in [-0.05, 0) is 17.0 Å². The summed E-state index contributed by atoms with van der Waals surface area (Å²) in [5, 5.41) is 0.375. The van der Waals surface area contributed by atoms with Crippen molar-refractivity contribution in [3.05, 3.63) is 17.8 Å². The molecule has 1 aliphatic heterocycles. The van der Waals surface area contributed by atoms with Crippen LogP contribution < -0.4 is 10.0 Å². The van der Waals surface area contributed by atoms with Gasteiger partial charge in [-0.15, -0.1) is 0 Å². The lowest BCUT2D eigenvalue weighted by molar-refractivity contribution is 0.706. The Morgan fingerprint density at radius 2 is 2.00 bits per heavy atom. The maximum absolute atomic E-state index is 4.75. The molecule has 0 bridgehead atoms. The van der Waals surface area contributed by atoms with Crippen molar-refractivity contribution in [1.82, 2.24) is 4.98 Å². The van der Waals surface area contributed by atoms with E-state index in [0.717, 1.165) is 13.8 Å². The third kappa shape index (κ3) is 2.11. The number of rotatable bonds is 2. The molecule has 2 nitrogen and oxygen atoms in total. The number of pyridine rings is 1. The van der Waals surface area contributed by atoms with Gasteiger partial charge in [0.25, 0.3) is 0 Å². The van der Waals surface area contributed by atoms with Crippen LogP contribution in [0.25, 0.3) is 0 Å². The second-order valence-electron chi connectivity index (χ2n) is 6.89. The van der Waals surface area contributed by atoms with E-state index in [-0.39, 0.29) is 0 Å². The summed E-state index contributed by atoms with van der Waals surface area (Å²) in [4.78, 5) is 4.75. The van der Waals surface area contributed by atoms with Gasteiger partial charge in [0.05, 0.1) is 0 Å². The quantitative estimate of drug-likeness (QED) is 0.760. The van der Waals surface area contributed by atoms with Gasteiger partial charge in [0.15, 0.2) is 15.5 Å². The number of nitrogens with zero attached hydrogens (tertiary/aromatic N) is 2. The normalized spacial score (nSPS) is 15.8. The highest BCUT2D eigenvalue weighted by Gasteiger charge is 2.44. The van der Waals surface area contributed by atoms with E-state index in [1.54, 1.807) is 0 Å². The zero-order chi connectivity index (χ0) is 13.6. The van der Waals surface area contributed by atoms with Crippen LogP contribution in [0.2, 0.25) is 25.0 Å². The van der Waals surface area contributed by atoms with Crippen LogP contribution in [0.5, 0.6) is 0 Å². The second kappa shape index (κ2) is 4.41. The lowest BCUT2D eigenvalue weighted by Gasteiger charge is -2.44. The average Bonchev–Trinajstić information content (AvgIpc) is 2.70. The summed E-state index contributed by atoms with van der Waals surface area (Å²) in [6.45, 7) is 15.4. The standard InChI is InChI=1S/C14H25BN2Si/c1-14(2,3)18(5,6)17-8-7-11-9-12(15-4)10-16-13(11)17/h9-10,15H,7-8H2,1-6H3. The Morgan fingerprint density at radius 3 is 2.56 bits per heavy atom. The van der Waals surface area contributed by atoms with E-state index < -0.39 is 8.24 Å². The predicted octanol–water partition coefficient (Wildman–Crippen LogP) is 2.56. The molecule has 0 amide bonds. The first-order chi connectivity index (χ1) is 8.27. The number of hydrogen-bond donors (Lipinski definition) is 0. The van der Waals surface area contributed by atoms with Crippen molar-refractivity contribution in [2.75, 3.05) is 11.1 Å². The molecule has 0 saturated heterocycles. The molecule has 2 rings (SSSR count). The first kappa shape index (κ1) is 13.7. The van der Waals surface area contributed by atoms with Gasteiger partial charge in [0.1, 0.15) is 5.82 Å². The van der Waals surface area contributed by atoms with Gasteiger partial charge in [-0.1, -0.05) is 52.2 Å². The highest BCUT2D eigenvalue weighted by atomic mass is 28.3. The number of hydrogen-bond acceptors (Lipinski definition) is 2. The summed E-state index contributed by atoms with van der Waals surface area (Å²) in [5.74, 6) is 1.26. The Bertz CT molecular complexity index is 452. The van der Waals surface area contributed by atoms with Crippen LogP contribution in [-0.4, -0.2) is 27.0 Å². The molecule has 0 radical (unpaired) electrons. The largest absolute Gasteiger partial charge is 0.382 e. The van der Waals surface area contributed by atoms with E-state index in [2.05, 4.69) is 57.5 Å².